The molecule has 0 heterocycles. The average molecular weight is 229 g/mol. The van der Waals surface area contributed by atoms with Crippen molar-refractivity contribution in [3.63, 3.8) is 0 Å². The van der Waals surface area contributed by atoms with E-state index in [0.717, 1.165) is 12.1 Å². The van der Waals surface area contributed by atoms with Crippen molar-refractivity contribution in [2.45, 2.75) is 4.90 Å². The Balaban J connectivity index is 0.00000144. The van der Waals surface area contributed by atoms with Gasteiger partial charge in [0.1, 0.15) is 4.90 Å². The number of phenolic OH excluding ortho intramolecular Hbond substituents is 2. The van der Waals surface area contributed by atoms with E-state index < -0.39 is 26.5 Å². The van der Waals surface area contributed by atoms with Gasteiger partial charge in [-0.2, -0.15) is 8.42 Å². The van der Waals surface area contributed by atoms with E-state index in [1.165, 1.54) is 6.07 Å². The Hall–Kier alpha value is 0.366. The van der Waals surface area contributed by atoms with Crippen LogP contribution in [-0.2, 0) is 10.1 Å². The van der Waals surface area contributed by atoms with Crippen LogP contribution < -0.4 is 0 Å². The molecule has 0 saturated carbocycles. The van der Waals surface area contributed by atoms with Crippen molar-refractivity contribution in [3.8, 4) is 11.5 Å². The Labute approximate surface area is 118 Å². The van der Waals surface area contributed by atoms with Gasteiger partial charge in [-0.25, -0.2) is 0 Å². The Kier molecular flexibility index (Phi) is 4.87. The van der Waals surface area contributed by atoms with Crippen molar-refractivity contribution in [2.24, 2.45) is 0 Å². The van der Waals surface area contributed by atoms with Crippen molar-refractivity contribution in [1.29, 1.82) is 0 Å². The van der Waals surface area contributed by atoms with Crippen LogP contribution in [0.15, 0.2) is 23.1 Å². The Morgan fingerprint density at radius 2 is 1.69 bits per heavy atom. The van der Waals surface area contributed by atoms with E-state index in [1.807, 2.05) is 0 Å². The summed E-state index contributed by atoms with van der Waals surface area (Å²) < 4.78 is 29.5. The Morgan fingerprint density at radius 3 is 2.08 bits per heavy atom. The summed E-state index contributed by atoms with van der Waals surface area (Å²) in [5.74, 6) is -1.44. The van der Waals surface area contributed by atoms with E-state index in [1.54, 1.807) is 0 Å². The first kappa shape index (κ1) is 13.4. The van der Waals surface area contributed by atoms with E-state index in [2.05, 4.69) is 0 Å². The normalized spacial score (nSPS) is 10.5. The summed E-state index contributed by atoms with van der Waals surface area (Å²) in [4.78, 5) is -0.706. The van der Waals surface area contributed by atoms with Crippen LogP contribution in [0.2, 0.25) is 0 Å². The fourth-order valence-electron chi connectivity index (χ4n) is 0.719. The van der Waals surface area contributed by atoms with Gasteiger partial charge in [-0.15, -0.1) is 0 Å². The molecule has 1 rings (SSSR count). The number of para-hydroxylation sites is 1. The zero-order chi connectivity index (χ0) is 9.35. The van der Waals surface area contributed by atoms with Crippen molar-refractivity contribution >= 4 is 61.5 Å². The summed E-state index contributed by atoms with van der Waals surface area (Å²) in [6.45, 7) is 0. The maximum atomic E-state index is 10.5. The van der Waals surface area contributed by atoms with Gasteiger partial charge in [0.2, 0.25) is 0 Å². The third-order valence-electron chi connectivity index (χ3n) is 1.26. The quantitative estimate of drug-likeness (QED) is 0.357. The fourth-order valence-corrected chi connectivity index (χ4v) is 1.32. The van der Waals surface area contributed by atoms with E-state index in [-0.39, 0.29) is 51.4 Å². The molecule has 0 fully saturated rings. The summed E-state index contributed by atoms with van der Waals surface area (Å²) in [6, 6.07) is 3.27. The number of phenols is 2. The number of hydrogen-bond acceptors (Lipinski definition) is 4. The van der Waals surface area contributed by atoms with E-state index in [9.17, 15) is 8.42 Å². The summed E-state index contributed by atoms with van der Waals surface area (Å²) in [5.41, 5.74) is 0. The maximum absolute atomic E-state index is 10.5. The van der Waals surface area contributed by atoms with Gasteiger partial charge in [0.15, 0.2) is 11.5 Å². The number of hydrogen-bond donors (Lipinski definition) is 3. The van der Waals surface area contributed by atoms with Crippen LogP contribution in [0, 0.1) is 0 Å². The molecule has 0 aliphatic carbocycles. The van der Waals surface area contributed by atoms with Crippen LogP contribution in [0.5, 0.6) is 11.5 Å². The molecular formula is C6H6KO5S. The number of aromatic hydroxyl groups is 2. The monoisotopic (exact) mass is 229 g/mol. The van der Waals surface area contributed by atoms with Crippen LogP contribution >= 0.6 is 0 Å². The molecule has 0 spiro atoms. The first-order valence-corrected chi connectivity index (χ1v) is 4.35. The van der Waals surface area contributed by atoms with Gasteiger partial charge >= 0.3 is 0 Å². The molecule has 0 aliphatic heterocycles. The van der Waals surface area contributed by atoms with Crippen molar-refractivity contribution in [1.82, 2.24) is 0 Å². The molecule has 0 saturated heterocycles. The zero-order valence-electron chi connectivity index (χ0n) is 6.80. The van der Waals surface area contributed by atoms with Gasteiger partial charge < -0.3 is 10.2 Å². The van der Waals surface area contributed by atoms with Gasteiger partial charge in [-0.1, -0.05) is 6.07 Å². The molecule has 0 atom stereocenters. The molecule has 0 amide bonds. The third-order valence-corrected chi connectivity index (χ3v) is 2.14. The van der Waals surface area contributed by atoms with Gasteiger partial charge in [0.25, 0.3) is 10.1 Å². The van der Waals surface area contributed by atoms with E-state index in [4.69, 9.17) is 14.8 Å². The maximum Gasteiger partial charge on any atom is 0.298 e. The molecule has 7 heteroatoms. The molecule has 5 nitrogen and oxygen atoms in total. The molecule has 1 radical (unpaired) electrons. The SMILES string of the molecule is O=S(=O)(O)c1cccc(O)c1O.[K]. The van der Waals surface area contributed by atoms with Crippen LogP contribution in [0.25, 0.3) is 0 Å². The summed E-state index contributed by atoms with van der Waals surface area (Å²) in [7, 11) is -4.47. The van der Waals surface area contributed by atoms with Gasteiger partial charge in [0, 0.05) is 51.4 Å². The van der Waals surface area contributed by atoms with Crippen LogP contribution in [-0.4, -0.2) is 74.6 Å². The minimum atomic E-state index is -4.47. The van der Waals surface area contributed by atoms with Gasteiger partial charge in [-0.05, 0) is 12.1 Å². The largest absolute Gasteiger partial charge is 0.504 e. The van der Waals surface area contributed by atoms with Gasteiger partial charge in [-0.3, -0.25) is 4.55 Å². The molecule has 0 aliphatic rings. The predicted molar refractivity (Wildman–Crippen MR) is 45.3 cm³/mol. The Morgan fingerprint density at radius 1 is 1.15 bits per heavy atom. The molecular weight excluding hydrogens is 223 g/mol. The van der Waals surface area contributed by atoms with E-state index >= 15 is 0 Å². The molecule has 0 bridgehead atoms. The average Bonchev–Trinajstić information content (AvgIpc) is 1.92. The fraction of sp³-hybridized carbons (Fsp3) is 0. The smallest absolute Gasteiger partial charge is 0.298 e. The molecule has 0 unspecified atom stereocenters. The molecule has 0 aromatic heterocycles. The minimum absolute atomic E-state index is 0. The summed E-state index contributed by atoms with van der Waals surface area (Å²) >= 11 is 0. The number of rotatable bonds is 1. The second-order valence-electron chi connectivity index (χ2n) is 2.10. The second-order valence-corrected chi connectivity index (χ2v) is 3.49. The molecule has 13 heavy (non-hydrogen) atoms. The predicted octanol–water partition coefficient (Wildman–Crippen LogP) is -0.0363. The van der Waals surface area contributed by atoms with E-state index in [0.29, 0.717) is 0 Å². The topological polar surface area (TPSA) is 94.8 Å². The molecule has 1 aromatic rings. The second kappa shape index (κ2) is 4.74. The van der Waals surface area contributed by atoms with Gasteiger partial charge in [0.05, 0.1) is 0 Å². The molecule has 3 N–H and O–H groups in total. The third kappa shape index (κ3) is 3.20. The standard InChI is InChI=1S/C6H6O5S.K/c7-4-2-1-3-5(6(4)8)12(9,10)11;/h1-3,7-8H,(H,9,10,11);. The first-order valence-electron chi connectivity index (χ1n) is 2.91. The van der Waals surface area contributed by atoms with Crippen molar-refractivity contribution in [2.75, 3.05) is 0 Å². The summed E-state index contributed by atoms with van der Waals surface area (Å²) in [6.07, 6.45) is 0. The van der Waals surface area contributed by atoms with Crippen LogP contribution in [0.1, 0.15) is 0 Å². The summed E-state index contributed by atoms with van der Waals surface area (Å²) in [5, 5.41) is 17.8. The van der Waals surface area contributed by atoms with Crippen LogP contribution in [0.3, 0.4) is 0 Å². The zero-order valence-corrected chi connectivity index (χ0v) is 10.7. The van der Waals surface area contributed by atoms with Crippen molar-refractivity contribution in [3.05, 3.63) is 18.2 Å². The Bertz CT molecular complexity index is 399. The minimum Gasteiger partial charge on any atom is -0.504 e. The van der Waals surface area contributed by atoms with Crippen molar-refractivity contribution < 1.29 is 23.2 Å². The molecule has 67 valence electrons. The van der Waals surface area contributed by atoms with Crippen LogP contribution in [0.4, 0.5) is 0 Å². The number of benzene rings is 1. The first-order chi connectivity index (χ1) is 5.43. The molecule has 1 aromatic carbocycles.